The molecule has 2 aromatic heterocycles. The molecular weight excluding hydrogens is 781 g/mol. The largest absolute Gasteiger partial charge is 0.599 e. The van der Waals surface area contributed by atoms with Gasteiger partial charge in [-0.1, -0.05) is 72.8 Å². The summed E-state index contributed by atoms with van der Waals surface area (Å²) in [5, 5.41) is 22.1. The Hall–Kier alpha value is -5.05. The van der Waals surface area contributed by atoms with E-state index in [0.29, 0.717) is 36.7 Å². The molecule has 3 N–H and O–H groups in total. The van der Waals surface area contributed by atoms with Crippen molar-refractivity contribution < 1.29 is 19.1 Å². The van der Waals surface area contributed by atoms with Gasteiger partial charge in [-0.05, 0) is 101 Å². The first-order valence-electron chi connectivity index (χ1n) is 22.6. The molecule has 12 nitrogen and oxygen atoms in total. The highest BCUT2D eigenvalue weighted by atomic mass is 28.4. The zero-order valence-corrected chi connectivity index (χ0v) is 35.5. The van der Waals surface area contributed by atoms with Crippen LogP contribution in [0.25, 0.3) is 16.8 Å². The molecule has 1 unspecified atom stereocenters. The minimum atomic E-state index is -4.12. The molecular formula is C48H52N8O4Si. The van der Waals surface area contributed by atoms with Gasteiger partial charge in [-0.3, -0.25) is 8.80 Å². The zero-order valence-electron chi connectivity index (χ0n) is 34.5. The summed E-state index contributed by atoms with van der Waals surface area (Å²) in [5.41, 5.74) is 7.83. The number of benzene rings is 2. The quantitative estimate of drug-likeness (QED) is 0.160. The fourth-order valence-electron chi connectivity index (χ4n) is 11.1. The highest BCUT2D eigenvalue weighted by molar-refractivity contribution is 6.66. The molecule has 1 atom stereocenters. The Morgan fingerprint density at radius 2 is 1.31 bits per heavy atom. The van der Waals surface area contributed by atoms with E-state index >= 15 is 0 Å². The zero-order chi connectivity index (χ0) is 40.7. The predicted octanol–water partition coefficient (Wildman–Crippen LogP) is 7.29. The van der Waals surface area contributed by atoms with Crippen molar-refractivity contribution in [1.82, 2.24) is 13.8 Å². The molecule has 0 amide bonds. The van der Waals surface area contributed by atoms with E-state index in [2.05, 4.69) is 86.6 Å². The maximum Gasteiger partial charge on any atom is 0.599 e. The average molecular weight is 833 g/mol. The van der Waals surface area contributed by atoms with Crippen LogP contribution in [-0.4, -0.2) is 76.8 Å². The van der Waals surface area contributed by atoms with Gasteiger partial charge in [0.15, 0.2) is 11.7 Å². The van der Waals surface area contributed by atoms with Crippen LogP contribution >= 0.6 is 0 Å². The van der Waals surface area contributed by atoms with Gasteiger partial charge in [0.05, 0.1) is 0 Å². The van der Waals surface area contributed by atoms with Crippen LogP contribution in [0, 0.1) is 23.7 Å². The number of aliphatic imine (C=N–C) groups is 3. The number of hydrogen-bond acceptors (Lipinski definition) is 10. The molecule has 6 heterocycles. The van der Waals surface area contributed by atoms with E-state index < -0.39 is 15.0 Å². The van der Waals surface area contributed by atoms with Gasteiger partial charge in [0.1, 0.15) is 34.6 Å². The van der Waals surface area contributed by atoms with Crippen molar-refractivity contribution >= 4 is 54.9 Å². The van der Waals surface area contributed by atoms with Crippen molar-refractivity contribution in [2.24, 2.45) is 48.6 Å². The molecule has 0 spiro atoms. The lowest BCUT2D eigenvalue weighted by molar-refractivity contribution is 0.0553. The lowest BCUT2D eigenvalue weighted by Gasteiger charge is -2.43. The SMILES string of the molecule is OCC1CCC(CO[Si]2(OCC3CCC(CO)CC3)N3C4=Nc5[nH]c(c6c5C=CCC6)N=c5c6ccccc6c(n52)=NC2=NC(=NC3c3ccccc34)C3=C2C=CCC3)CC1. The van der Waals surface area contributed by atoms with Gasteiger partial charge in [0.25, 0.3) is 0 Å². The first-order valence-corrected chi connectivity index (χ1v) is 24.3. The van der Waals surface area contributed by atoms with Gasteiger partial charge in [0, 0.05) is 70.6 Å². The summed E-state index contributed by atoms with van der Waals surface area (Å²) in [6.45, 7) is 1.40. The number of nitrogens with zero attached hydrogens (tertiary/aromatic N) is 7. The molecule has 0 radical (unpaired) electrons. The second-order valence-corrected chi connectivity index (χ2v) is 20.8. The minimum Gasteiger partial charge on any atom is -0.396 e. The first-order chi connectivity index (χ1) is 30.1. The Labute approximate surface area is 356 Å². The molecule has 312 valence electrons. The van der Waals surface area contributed by atoms with Crippen molar-refractivity contribution in [3.05, 3.63) is 111 Å². The molecule has 4 aliphatic carbocycles. The molecule has 8 aliphatic rings. The molecule has 0 saturated heterocycles. The summed E-state index contributed by atoms with van der Waals surface area (Å²) >= 11 is 0. The van der Waals surface area contributed by atoms with Crippen molar-refractivity contribution in [3.63, 3.8) is 0 Å². The minimum absolute atomic E-state index is 0.226. The Bertz CT molecular complexity index is 2730. The maximum absolute atomic E-state index is 10.1. The first kappa shape index (κ1) is 37.7. The van der Waals surface area contributed by atoms with Gasteiger partial charge in [-0.15, -0.1) is 0 Å². The molecule has 2 fully saturated rings. The number of aromatic amines is 1. The van der Waals surface area contributed by atoms with Crippen LogP contribution in [0.5, 0.6) is 0 Å². The Kier molecular flexibility index (Phi) is 9.32. The normalized spacial score (nSPS) is 28.3. The fourth-order valence-corrected chi connectivity index (χ4v) is 14.7. The number of rotatable bonds is 8. The van der Waals surface area contributed by atoms with Crippen LogP contribution < -0.4 is 11.0 Å². The molecule has 12 rings (SSSR count). The third-order valence-electron chi connectivity index (χ3n) is 14.6. The van der Waals surface area contributed by atoms with E-state index in [9.17, 15) is 10.2 Å². The summed E-state index contributed by atoms with van der Waals surface area (Å²) in [6.07, 6.45) is 19.5. The summed E-state index contributed by atoms with van der Waals surface area (Å²) in [4.78, 5) is 31.8. The topological polar surface area (TPSA) is 145 Å². The van der Waals surface area contributed by atoms with E-state index in [0.717, 1.165) is 150 Å². The van der Waals surface area contributed by atoms with Gasteiger partial charge in [-0.25, -0.2) is 25.0 Å². The lowest BCUT2D eigenvalue weighted by atomic mass is 9.83. The number of nitrogens with one attached hydrogen (secondary N) is 1. The number of aliphatic hydroxyl groups is 2. The number of hydrogen-bond donors (Lipinski definition) is 3. The van der Waals surface area contributed by atoms with Crippen LogP contribution in [-0.2, 0) is 15.3 Å². The second kappa shape index (κ2) is 15.1. The third kappa shape index (κ3) is 6.10. The van der Waals surface area contributed by atoms with E-state index in [1.54, 1.807) is 0 Å². The Balaban J connectivity index is 1.19. The number of allylic oxidation sites excluding steroid dienone is 2. The number of amidine groups is 3. The molecule has 2 saturated carbocycles. The smallest absolute Gasteiger partial charge is 0.396 e. The predicted molar refractivity (Wildman–Crippen MR) is 238 cm³/mol. The standard InChI is InChI=1S/C48H52N8O4Si/c57-25-29-17-21-31(22-18-29)27-59-61(60-28-32-23-19-30(26-58)20-24-32)55-45-37-13-5-6-14-38(37)47(55)53-43-35-11-3-4-12-36(35)44(50-43)54-48-40-16-8-7-15-39(40)46(56(48)61)52-42-34-10-2-1-9-33(34)41(49-42)51-45/h1,4-9,12-16,29-32,46,50,57-58H,2-3,10-11,17-28H2. The van der Waals surface area contributed by atoms with Gasteiger partial charge in [0.2, 0.25) is 0 Å². The number of fused-ring (bicyclic) bond motifs is 14. The number of aliphatic hydroxyl groups excluding tert-OH is 2. The number of aromatic nitrogens is 2. The van der Waals surface area contributed by atoms with E-state index in [-0.39, 0.29) is 25.0 Å². The van der Waals surface area contributed by atoms with Crippen LogP contribution in [0.2, 0.25) is 0 Å². The fraction of sp³-hybridized carbons (Fsp3) is 0.438. The highest BCUT2D eigenvalue weighted by Gasteiger charge is 2.60. The van der Waals surface area contributed by atoms with Crippen molar-refractivity contribution in [3.8, 4) is 0 Å². The van der Waals surface area contributed by atoms with Crippen LogP contribution in [0.1, 0.15) is 99.0 Å². The third-order valence-corrected chi connectivity index (χ3v) is 17.7. The second-order valence-electron chi connectivity index (χ2n) is 18.2. The summed E-state index contributed by atoms with van der Waals surface area (Å²) in [6, 6.07) is 17.0. The van der Waals surface area contributed by atoms with Gasteiger partial charge in [-0.2, -0.15) is 0 Å². The number of H-pyrrole nitrogens is 1. The summed E-state index contributed by atoms with van der Waals surface area (Å²) in [7, 11) is -4.12. The monoisotopic (exact) mass is 832 g/mol. The molecule has 61 heavy (non-hydrogen) atoms. The molecule has 4 aliphatic heterocycles. The van der Waals surface area contributed by atoms with Crippen molar-refractivity contribution in [1.29, 1.82) is 0 Å². The molecule has 4 aromatic rings. The van der Waals surface area contributed by atoms with Crippen molar-refractivity contribution in [2.75, 3.05) is 26.4 Å². The van der Waals surface area contributed by atoms with Crippen LogP contribution in [0.4, 0.5) is 11.6 Å². The summed E-state index contributed by atoms with van der Waals surface area (Å²) in [5.74, 6) is 4.89. The van der Waals surface area contributed by atoms with E-state index in [1.165, 1.54) is 0 Å². The molecule has 2 aromatic carbocycles. The van der Waals surface area contributed by atoms with Gasteiger partial charge < -0.3 is 24.0 Å². The molecule has 13 heteroatoms. The van der Waals surface area contributed by atoms with Gasteiger partial charge >= 0.3 is 8.88 Å². The Morgan fingerprint density at radius 3 is 2.03 bits per heavy atom. The summed E-state index contributed by atoms with van der Waals surface area (Å²) < 4.78 is 20.4. The highest BCUT2D eigenvalue weighted by Crippen LogP contribution is 2.46. The average Bonchev–Trinajstić information content (AvgIpc) is 4.03. The molecule has 6 bridgehead atoms. The van der Waals surface area contributed by atoms with Crippen LogP contribution in [0.3, 0.4) is 0 Å². The lowest BCUT2D eigenvalue weighted by Crippen LogP contribution is -2.70. The van der Waals surface area contributed by atoms with E-state index in [4.69, 9.17) is 33.8 Å². The maximum atomic E-state index is 10.1. The van der Waals surface area contributed by atoms with Crippen molar-refractivity contribution in [2.45, 2.75) is 83.2 Å². The Morgan fingerprint density at radius 1 is 0.672 bits per heavy atom. The van der Waals surface area contributed by atoms with E-state index in [1.807, 2.05) is 0 Å². The van der Waals surface area contributed by atoms with Crippen LogP contribution in [0.15, 0.2) is 103 Å².